The third-order valence-corrected chi connectivity index (χ3v) is 7.37. The zero-order chi connectivity index (χ0) is 24.1. The van der Waals surface area contributed by atoms with Crippen LogP contribution in [-0.2, 0) is 16.0 Å². The van der Waals surface area contributed by atoms with Crippen molar-refractivity contribution in [3.8, 4) is 5.75 Å². The molecule has 2 heterocycles. The number of rotatable bonds is 9. The number of hydrogen-bond donors (Lipinski definition) is 0. The van der Waals surface area contributed by atoms with E-state index in [-0.39, 0.29) is 5.91 Å². The van der Waals surface area contributed by atoms with Gasteiger partial charge in [0.25, 0.3) is 0 Å². The number of para-hydroxylation sites is 1. The van der Waals surface area contributed by atoms with E-state index in [0.717, 1.165) is 65.9 Å². The third-order valence-electron chi connectivity index (χ3n) is 6.33. The highest BCUT2D eigenvalue weighted by Gasteiger charge is 2.23. The van der Waals surface area contributed by atoms with Crippen molar-refractivity contribution in [1.29, 1.82) is 0 Å². The van der Waals surface area contributed by atoms with E-state index in [0.29, 0.717) is 19.6 Å². The summed E-state index contributed by atoms with van der Waals surface area (Å²) in [5.74, 6) is 0.863. The van der Waals surface area contributed by atoms with Crippen LogP contribution < -0.4 is 9.64 Å². The second-order valence-electron chi connectivity index (χ2n) is 8.94. The maximum absolute atomic E-state index is 13.7. The molecule has 0 N–H and O–H groups in total. The number of amides is 1. The van der Waals surface area contributed by atoms with Crippen LogP contribution in [0.25, 0.3) is 10.2 Å². The van der Waals surface area contributed by atoms with Gasteiger partial charge in [-0.25, -0.2) is 4.98 Å². The molecule has 1 aliphatic rings. The van der Waals surface area contributed by atoms with Crippen molar-refractivity contribution in [3.05, 3.63) is 52.6 Å². The zero-order valence-electron chi connectivity index (χ0n) is 20.7. The van der Waals surface area contributed by atoms with Crippen molar-refractivity contribution in [2.45, 2.75) is 40.5 Å². The minimum absolute atomic E-state index is 0.0917. The number of nitrogens with zero attached hydrogens (tertiary/aromatic N) is 3. The number of carbonyl (C=O) groups is 1. The maximum Gasteiger partial charge on any atom is 0.233 e. The van der Waals surface area contributed by atoms with E-state index in [1.54, 1.807) is 11.3 Å². The van der Waals surface area contributed by atoms with Crippen molar-refractivity contribution in [3.63, 3.8) is 0 Å². The Balaban J connectivity index is 1.59. The molecule has 3 aromatic rings. The summed E-state index contributed by atoms with van der Waals surface area (Å²) in [6.07, 6.45) is 1.27. The summed E-state index contributed by atoms with van der Waals surface area (Å²) in [5.41, 5.74) is 5.51. The van der Waals surface area contributed by atoms with E-state index in [1.807, 2.05) is 30.0 Å². The van der Waals surface area contributed by atoms with Crippen molar-refractivity contribution in [2.24, 2.45) is 0 Å². The van der Waals surface area contributed by atoms with E-state index in [2.05, 4.69) is 37.8 Å². The molecule has 4 rings (SSSR count). The minimum Gasteiger partial charge on any atom is -0.492 e. The third kappa shape index (κ3) is 5.77. The Morgan fingerprint density at radius 1 is 1.18 bits per heavy atom. The van der Waals surface area contributed by atoms with Crippen LogP contribution >= 0.6 is 11.3 Å². The molecular weight excluding hydrogens is 446 g/mol. The van der Waals surface area contributed by atoms with Gasteiger partial charge in [-0.2, -0.15) is 0 Å². The molecule has 1 aromatic heterocycles. The van der Waals surface area contributed by atoms with Crippen LogP contribution in [-0.4, -0.2) is 61.8 Å². The molecule has 1 fully saturated rings. The Kier molecular flexibility index (Phi) is 8.19. The van der Waals surface area contributed by atoms with Gasteiger partial charge in [-0.3, -0.25) is 14.6 Å². The second-order valence-corrected chi connectivity index (χ2v) is 9.95. The molecule has 0 radical (unpaired) electrons. The minimum atomic E-state index is 0.0917. The number of carbonyl (C=O) groups excluding carboxylic acids is 1. The SMILES string of the molecule is CCOc1cccc2sc(N(CCCN3CCOCC3)C(=O)Cc3c(C)cc(C)cc3C)nc12. The fraction of sp³-hybridized carbons (Fsp3) is 0.481. The summed E-state index contributed by atoms with van der Waals surface area (Å²) in [5, 5.41) is 0.747. The largest absolute Gasteiger partial charge is 0.492 e. The lowest BCUT2D eigenvalue weighted by molar-refractivity contribution is -0.118. The number of aryl methyl sites for hydroxylation is 3. The second kappa shape index (κ2) is 11.3. The normalized spacial score (nSPS) is 14.5. The molecule has 0 spiro atoms. The lowest BCUT2D eigenvalue weighted by Gasteiger charge is -2.28. The first-order chi connectivity index (χ1) is 16.5. The summed E-state index contributed by atoms with van der Waals surface area (Å²) in [4.78, 5) is 22.9. The van der Waals surface area contributed by atoms with E-state index in [4.69, 9.17) is 14.5 Å². The first-order valence-electron chi connectivity index (χ1n) is 12.2. The molecule has 182 valence electrons. The molecule has 0 saturated carbocycles. The topological polar surface area (TPSA) is 54.9 Å². The van der Waals surface area contributed by atoms with Gasteiger partial charge in [-0.1, -0.05) is 35.1 Å². The van der Waals surface area contributed by atoms with Crippen LogP contribution in [0, 0.1) is 20.8 Å². The standard InChI is InChI=1S/C27H35N3O3S/c1-5-33-23-8-6-9-24-26(23)28-27(34-24)30(11-7-10-29-12-14-32-15-13-29)25(31)18-22-20(3)16-19(2)17-21(22)4/h6,8-9,16-17H,5,7,10-15,18H2,1-4H3. The molecule has 0 unspecified atom stereocenters. The van der Waals surface area contributed by atoms with Gasteiger partial charge < -0.3 is 9.47 Å². The predicted molar refractivity (Wildman–Crippen MR) is 139 cm³/mol. The average Bonchev–Trinajstić information content (AvgIpc) is 3.25. The van der Waals surface area contributed by atoms with Crippen LogP contribution in [0.2, 0.25) is 0 Å². The van der Waals surface area contributed by atoms with Gasteiger partial charge in [-0.15, -0.1) is 0 Å². The van der Waals surface area contributed by atoms with E-state index >= 15 is 0 Å². The Bertz CT molecular complexity index is 1110. The van der Waals surface area contributed by atoms with Crippen LogP contribution in [0.15, 0.2) is 30.3 Å². The highest BCUT2D eigenvalue weighted by atomic mass is 32.1. The summed E-state index contributed by atoms with van der Waals surface area (Å²) < 4.78 is 12.3. The average molecular weight is 482 g/mol. The number of benzene rings is 2. The Morgan fingerprint density at radius 3 is 2.62 bits per heavy atom. The van der Waals surface area contributed by atoms with Crippen LogP contribution in [0.1, 0.15) is 35.6 Å². The number of fused-ring (bicyclic) bond motifs is 1. The molecule has 7 heteroatoms. The van der Waals surface area contributed by atoms with Crippen molar-refractivity contribution in [2.75, 3.05) is 50.9 Å². The highest BCUT2D eigenvalue weighted by molar-refractivity contribution is 7.22. The van der Waals surface area contributed by atoms with Crippen LogP contribution in [0.5, 0.6) is 5.75 Å². The number of thiazole rings is 1. The lowest BCUT2D eigenvalue weighted by atomic mass is 9.97. The van der Waals surface area contributed by atoms with Crippen molar-refractivity contribution >= 4 is 32.6 Å². The van der Waals surface area contributed by atoms with Crippen LogP contribution in [0.4, 0.5) is 5.13 Å². The Morgan fingerprint density at radius 2 is 1.91 bits per heavy atom. The molecule has 0 bridgehead atoms. The first-order valence-corrected chi connectivity index (χ1v) is 13.0. The number of ether oxygens (including phenoxy) is 2. The molecule has 6 nitrogen and oxygen atoms in total. The van der Waals surface area contributed by atoms with Crippen LogP contribution in [0.3, 0.4) is 0 Å². The van der Waals surface area contributed by atoms with E-state index < -0.39 is 0 Å². The molecule has 1 saturated heterocycles. The fourth-order valence-electron chi connectivity index (χ4n) is 4.64. The smallest absolute Gasteiger partial charge is 0.233 e. The summed E-state index contributed by atoms with van der Waals surface area (Å²) in [7, 11) is 0. The molecule has 2 aromatic carbocycles. The lowest BCUT2D eigenvalue weighted by Crippen LogP contribution is -2.39. The molecule has 0 aliphatic carbocycles. The molecule has 34 heavy (non-hydrogen) atoms. The van der Waals surface area contributed by atoms with E-state index in [1.165, 1.54) is 16.7 Å². The van der Waals surface area contributed by atoms with E-state index in [9.17, 15) is 4.79 Å². The molecule has 1 amide bonds. The first kappa shape index (κ1) is 24.6. The number of aromatic nitrogens is 1. The number of hydrogen-bond acceptors (Lipinski definition) is 6. The Hall–Kier alpha value is -2.48. The summed E-state index contributed by atoms with van der Waals surface area (Å²) in [6.45, 7) is 13.9. The predicted octanol–water partition coefficient (Wildman–Crippen LogP) is 4.92. The van der Waals surface area contributed by atoms with Gasteiger partial charge in [0.1, 0.15) is 11.3 Å². The van der Waals surface area contributed by atoms with Crippen molar-refractivity contribution in [1.82, 2.24) is 9.88 Å². The quantitative estimate of drug-likeness (QED) is 0.434. The van der Waals surface area contributed by atoms with Gasteiger partial charge in [0, 0.05) is 26.2 Å². The molecule has 1 aliphatic heterocycles. The monoisotopic (exact) mass is 481 g/mol. The zero-order valence-corrected chi connectivity index (χ0v) is 21.5. The number of anilines is 1. The molecular formula is C27H35N3O3S. The van der Waals surface area contributed by atoms with Gasteiger partial charge in [0.2, 0.25) is 5.91 Å². The fourth-order valence-corrected chi connectivity index (χ4v) is 5.67. The summed E-state index contributed by atoms with van der Waals surface area (Å²) >= 11 is 1.56. The van der Waals surface area contributed by atoms with Crippen molar-refractivity contribution < 1.29 is 14.3 Å². The van der Waals surface area contributed by atoms with Gasteiger partial charge in [0.05, 0.1) is 30.9 Å². The van der Waals surface area contributed by atoms with Gasteiger partial charge in [0.15, 0.2) is 5.13 Å². The summed E-state index contributed by atoms with van der Waals surface area (Å²) in [6, 6.07) is 10.3. The maximum atomic E-state index is 13.7. The highest BCUT2D eigenvalue weighted by Crippen LogP contribution is 2.35. The number of morpholine rings is 1. The van der Waals surface area contributed by atoms with Gasteiger partial charge in [-0.05, 0) is 62.9 Å². The van der Waals surface area contributed by atoms with Gasteiger partial charge >= 0.3 is 0 Å². The molecule has 0 atom stereocenters. The Labute approximate surface area is 206 Å².